The second-order valence-electron chi connectivity index (χ2n) is 4.79. The molecule has 2 heterocycles. The molecular formula is C14H22N4OS. The van der Waals surface area contributed by atoms with Gasteiger partial charge >= 0.3 is 0 Å². The molecule has 0 aliphatic carbocycles. The van der Waals surface area contributed by atoms with Crippen LogP contribution in [-0.2, 0) is 24.8 Å². The molecule has 0 amide bonds. The first-order valence-corrected chi connectivity index (χ1v) is 7.42. The van der Waals surface area contributed by atoms with Gasteiger partial charge in [0.1, 0.15) is 5.52 Å². The molecule has 0 atom stereocenters. The highest BCUT2D eigenvalue weighted by Crippen LogP contribution is 2.18. The Labute approximate surface area is 124 Å². The van der Waals surface area contributed by atoms with E-state index in [1.807, 2.05) is 17.8 Å². The van der Waals surface area contributed by atoms with E-state index in [1.165, 1.54) is 0 Å². The number of imidazole rings is 1. The van der Waals surface area contributed by atoms with Gasteiger partial charge in [-0.15, -0.1) is 6.58 Å². The largest absolute Gasteiger partial charge is 0.379 e. The second-order valence-corrected chi connectivity index (χ2v) is 5.18. The van der Waals surface area contributed by atoms with E-state index < -0.39 is 0 Å². The minimum Gasteiger partial charge on any atom is -0.379 e. The standard InChI is InChI=1S/C14H22N4OS/c1-4-6-9-19-10-8-18-13-12(15-14(18)20)11(7-5-2)16-17(13)3/h4H,1,5-10H2,2-3H3,(H,15,20). The lowest BCUT2D eigenvalue weighted by Crippen LogP contribution is -2.09. The number of hydrogen-bond donors (Lipinski definition) is 1. The highest BCUT2D eigenvalue weighted by molar-refractivity contribution is 7.71. The van der Waals surface area contributed by atoms with Gasteiger partial charge in [0.15, 0.2) is 10.4 Å². The molecule has 0 saturated carbocycles. The summed E-state index contributed by atoms with van der Waals surface area (Å²) < 4.78 is 10.3. The van der Waals surface area contributed by atoms with Gasteiger partial charge in [0.2, 0.25) is 0 Å². The van der Waals surface area contributed by atoms with Crippen LogP contribution < -0.4 is 0 Å². The summed E-state index contributed by atoms with van der Waals surface area (Å²) >= 11 is 5.41. The van der Waals surface area contributed by atoms with E-state index in [1.54, 1.807) is 0 Å². The van der Waals surface area contributed by atoms with Crippen molar-refractivity contribution in [2.24, 2.45) is 7.05 Å². The molecule has 0 fully saturated rings. The number of aromatic nitrogens is 4. The molecule has 20 heavy (non-hydrogen) atoms. The lowest BCUT2D eigenvalue weighted by molar-refractivity contribution is 0.131. The number of hydrogen-bond acceptors (Lipinski definition) is 3. The van der Waals surface area contributed by atoms with Crippen molar-refractivity contribution in [1.82, 2.24) is 19.3 Å². The maximum Gasteiger partial charge on any atom is 0.179 e. The molecule has 0 bridgehead atoms. The summed E-state index contributed by atoms with van der Waals surface area (Å²) in [6, 6.07) is 0. The SMILES string of the molecule is C=CCCOCCn1c(=S)[nH]c2c(CCC)nn(C)c21. The zero-order valence-corrected chi connectivity index (χ0v) is 13.0. The average molecular weight is 294 g/mol. The maximum absolute atomic E-state index is 5.56. The smallest absolute Gasteiger partial charge is 0.179 e. The number of fused-ring (bicyclic) bond motifs is 1. The minimum absolute atomic E-state index is 0.642. The van der Waals surface area contributed by atoms with Crippen molar-refractivity contribution >= 4 is 23.4 Å². The van der Waals surface area contributed by atoms with Crippen LogP contribution in [-0.4, -0.2) is 32.5 Å². The van der Waals surface area contributed by atoms with Crippen LogP contribution in [0.5, 0.6) is 0 Å². The Balaban J connectivity index is 2.18. The van der Waals surface area contributed by atoms with Gasteiger partial charge < -0.3 is 9.72 Å². The number of aromatic amines is 1. The van der Waals surface area contributed by atoms with Crippen molar-refractivity contribution in [3.05, 3.63) is 23.1 Å². The summed E-state index contributed by atoms with van der Waals surface area (Å²) in [5, 5.41) is 4.56. The fraction of sp³-hybridized carbons (Fsp3) is 0.571. The summed E-state index contributed by atoms with van der Waals surface area (Å²) in [6.07, 6.45) is 4.77. The third-order valence-corrected chi connectivity index (χ3v) is 3.56. The minimum atomic E-state index is 0.642. The quantitative estimate of drug-likeness (QED) is 0.462. The van der Waals surface area contributed by atoms with E-state index in [9.17, 15) is 0 Å². The fourth-order valence-electron chi connectivity index (χ4n) is 2.32. The molecule has 0 radical (unpaired) electrons. The van der Waals surface area contributed by atoms with Crippen LogP contribution in [0.15, 0.2) is 12.7 Å². The Morgan fingerprint density at radius 1 is 1.45 bits per heavy atom. The van der Waals surface area contributed by atoms with Gasteiger partial charge in [-0.05, 0) is 25.1 Å². The van der Waals surface area contributed by atoms with Crippen LogP contribution in [0, 0.1) is 4.77 Å². The van der Waals surface area contributed by atoms with Gasteiger partial charge in [0.05, 0.1) is 25.5 Å². The number of ether oxygens (including phenoxy) is 1. The first kappa shape index (κ1) is 15.0. The maximum atomic E-state index is 5.56. The van der Waals surface area contributed by atoms with Gasteiger partial charge in [-0.3, -0.25) is 9.25 Å². The van der Waals surface area contributed by atoms with Crippen LogP contribution in [0.1, 0.15) is 25.5 Å². The predicted octanol–water partition coefficient (Wildman–Crippen LogP) is 2.98. The molecule has 5 nitrogen and oxygen atoms in total. The Hall–Kier alpha value is -1.40. The predicted molar refractivity (Wildman–Crippen MR) is 83.5 cm³/mol. The zero-order chi connectivity index (χ0) is 14.5. The van der Waals surface area contributed by atoms with E-state index >= 15 is 0 Å². The molecule has 2 aromatic rings. The van der Waals surface area contributed by atoms with Gasteiger partial charge in [-0.25, -0.2) is 0 Å². The van der Waals surface area contributed by atoms with E-state index in [0.29, 0.717) is 13.2 Å². The van der Waals surface area contributed by atoms with Crippen LogP contribution in [0.4, 0.5) is 0 Å². The fourth-order valence-corrected chi connectivity index (χ4v) is 2.60. The third kappa shape index (κ3) is 3.02. The van der Waals surface area contributed by atoms with Crippen molar-refractivity contribution in [1.29, 1.82) is 0 Å². The molecule has 0 aliphatic rings. The Morgan fingerprint density at radius 3 is 2.95 bits per heavy atom. The van der Waals surface area contributed by atoms with Gasteiger partial charge in [0, 0.05) is 7.05 Å². The van der Waals surface area contributed by atoms with Crippen LogP contribution in [0.2, 0.25) is 0 Å². The highest BCUT2D eigenvalue weighted by atomic mass is 32.1. The number of aryl methyl sites for hydroxylation is 2. The van der Waals surface area contributed by atoms with Crippen LogP contribution >= 0.6 is 12.2 Å². The van der Waals surface area contributed by atoms with Crippen molar-refractivity contribution in [2.75, 3.05) is 13.2 Å². The number of nitrogens with one attached hydrogen (secondary N) is 1. The van der Waals surface area contributed by atoms with Crippen molar-refractivity contribution < 1.29 is 4.74 Å². The summed E-state index contributed by atoms with van der Waals surface area (Å²) in [5.41, 5.74) is 3.19. The van der Waals surface area contributed by atoms with Gasteiger partial charge in [-0.1, -0.05) is 19.4 Å². The third-order valence-electron chi connectivity index (χ3n) is 3.23. The summed E-state index contributed by atoms with van der Waals surface area (Å²) in [6.45, 7) is 7.91. The summed E-state index contributed by atoms with van der Waals surface area (Å²) in [7, 11) is 1.96. The van der Waals surface area contributed by atoms with E-state index in [4.69, 9.17) is 17.0 Å². The monoisotopic (exact) mass is 294 g/mol. The number of rotatable bonds is 8. The molecule has 0 spiro atoms. The normalized spacial score (nSPS) is 11.3. The van der Waals surface area contributed by atoms with Crippen LogP contribution in [0.25, 0.3) is 11.2 Å². The first-order valence-electron chi connectivity index (χ1n) is 7.02. The molecule has 0 aliphatic heterocycles. The molecule has 2 rings (SSSR count). The Bertz CT molecular complexity index is 637. The zero-order valence-electron chi connectivity index (χ0n) is 12.2. The number of H-pyrrole nitrogens is 1. The van der Waals surface area contributed by atoms with Crippen molar-refractivity contribution in [3.63, 3.8) is 0 Å². The molecule has 0 aromatic carbocycles. The average Bonchev–Trinajstić information content (AvgIpc) is 2.89. The van der Waals surface area contributed by atoms with E-state index in [0.717, 1.165) is 47.4 Å². The van der Waals surface area contributed by atoms with E-state index in [-0.39, 0.29) is 0 Å². The molecule has 1 N–H and O–H groups in total. The molecule has 110 valence electrons. The Morgan fingerprint density at radius 2 is 2.25 bits per heavy atom. The van der Waals surface area contributed by atoms with Crippen molar-refractivity contribution in [3.8, 4) is 0 Å². The highest BCUT2D eigenvalue weighted by Gasteiger charge is 2.14. The number of nitrogens with zero attached hydrogens (tertiary/aromatic N) is 3. The molecular weight excluding hydrogens is 272 g/mol. The van der Waals surface area contributed by atoms with E-state index in [2.05, 4.69) is 28.2 Å². The summed E-state index contributed by atoms with van der Waals surface area (Å²) in [4.78, 5) is 3.28. The molecule has 6 heteroatoms. The molecule has 0 saturated heterocycles. The Kier molecular flexibility index (Phi) is 5.14. The lowest BCUT2D eigenvalue weighted by atomic mass is 10.2. The molecule has 2 aromatic heterocycles. The van der Waals surface area contributed by atoms with Crippen molar-refractivity contribution in [2.45, 2.75) is 32.7 Å². The first-order chi connectivity index (χ1) is 9.69. The van der Waals surface area contributed by atoms with Gasteiger partial charge in [-0.2, -0.15) is 5.10 Å². The lowest BCUT2D eigenvalue weighted by Gasteiger charge is -2.05. The summed E-state index contributed by atoms with van der Waals surface area (Å²) in [5.74, 6) is 0. The second kappa shape index (κ2) is 6.85. The molecule has 0 unspecified atom stereocenters. The topological polar surface area (TPSA) is 47.8 Å². The van der Waals surface area contributed by atoms with Crippen LogP contribution in [0.3, 0.4) is 0 Å². The van der Waals surface area contributed by atoms with Gasteiger partial charge in [0.25, 0.3) is 0 Å².